The smallest absolute Gasteiger partial charge is 0.182 e. The highest BCUT2D eigenvalue weighted by molar-refractivity contribution is 6.31. The van der Waals surface area contributed by atoms with Crippen molar-refractivity contribution < 1.29 is 0 Å². The number of nitrogens with zero attached hydrogens (tertiary/aromatic N) is 4. The first-order valence-corrected chi connectivity index (χ1v) is 6.35. The van der Waals surface area contributed by atoms with Crippen molar-refractivity contribution in [1.29, 1.82) is 0 Å². The third kappa shape index (κ3) is 1.95. The van der Waals surface area contributed by atoms with E-state index in [2.05, 4.69) is 22.4 Å². The van der Waals surface area contributed by atoms with Crippen LogP contribution in [0.15, 0.2) is 18.2 Å². The summed E-state index contributed by atoms with van der Waals surface area (Å²) in [4.78, 5) is 0. The monoisotopic (exact) mass is 263 g/mol. The van der Waals surface area contributed by atoms with Crippen molar-refractivity contribution >= 4 is 17.3 Å². The van der Waals surface area contributed by atoms with Gasteiger partial charge in [-0.25, -0.2) is 4.68 Å². The molecule has 2 N–H and O–H groups in total. The largest absolute Gasteiger partial charge is 0.399 e. The van der Waals surface area contributed by atoms with Crippen molar-refractivity contribution in [2.24, 2.45) is 5.92 Å². The molecule has 3 rings (SSSR count). The molecule has 0 bridgehead atoms. The van der Waals surface area contributed by atoms with Gasteiger partial charge in [-0.15, -0.1) is 5.10 Å². The number of nitrogens with two attached hydrogens (primary N) is 1. The van der Waals surface area contributed by atoms with Crippen molar-refractivity contribution in [3.8, 4) is 11.4 Å². The van der Waals surface area contributed by atoms with E-state index in [1.54, 1.807) is 6.07 Å². The molecule has 1 aromatic carbocycles. The number of nitrogen functional groups attached to an aromatic ring is 1. The van der Waals surface area contributed by atoms with Gasteiger partial charge >= 0.3 is 0 Å². The Morgan fingerprint density at radius 2 is 2.11 bits per heavy atom. The van der Waals surface area contributed by atoms with Crippen LogP contribution in [0.3, 0.4) is 0 Å². The zero-order valence-electron chi connectivity index (χ0n) is 10.0. The van der Waals surface area contributed by atoms with Crippen LogP contribution in [0.2, 0.25) is 5.02 Å². The normalized spacial score (nSPS) is 22.8. The maximum atomic E-state index is 6.01. The van der Waals surface area contributed by atoms with Gasteiger partial charge in [0.2, 0.25) is 0 Å². The molecule has 0 aliphatic heterocycles. The third-order valence-corrected chi connectivity index (χ3v) is 3.58. The molecule has 1 aromatic heterocycles. The Labute approximate surface area is 110 Å². The van der Waals surface area contributed by atoms with E-state index in [0.717, 1.165) is 30.1 Å². The molecule has 0 spiro atoms. The van der Waals surface area contributed by atoms with E-state index in [1.807, 2.05) is 16.8 Å². The maximum Gasteiger partial charge on any atom is 0.182 e. The van der Waals surface area contributed by atoms with Gasteiger partial charge in [0.15, 0.2) is 5.82 Å². The van der Waals surface area contributed by atoms with Crippen molar-refractivity contribution in [1.82, 2.24) is 20.2 Å². The van der Waals surface area contributed by atoms with Gasteiger partial charge in [-0.3, -0.25) is 0 Å². The fourth-order valence-electron chi connectivity index (χ4n) is 2.43. The summed E-state index contributed by atoms with van der Waals surface area (Å²) >= 11 is 6.01. The molecule has 1 saturated carbocycles. The molecule has 1 aliphatic carbocycles. The molecule has 1 heterocycles. The quantitative estimate of drug-likeness (QED) is 0.846. The predicted octanol–water partition coefficient (Wildman–Crippen LogP) is 2.55. The highest BCUT2D eigenvalue weighted by atomic mass is 35.5. The highest BCUT2D eigenvalue weighted by Crippen LogP contribution is 2.38. The van der Waals surface area contributed by atoms with Crippen LogP contribution >= 0.6 is 11.6 Å². The van der Waals surface area contributed by atoms with E-state index in [0.29, 0.717) is 16.8 Å². The number of hydrogen-bond donors (Lipinski definition) is 1. The second-order valence-electron chi connectivity index (χ2n) is 4.95. The molecular formula is C12H14ClN5. The van der Waals surface area contributed by atoms with Gasteiger partial charge in [0.05, 0.1) is 6.04 Å². The summed E-state index contributed by atoms with van der Waals surface area (Å²) in [5.41, 5.74) is 7.28. The third-order valence-electron chi connectivity index (χ3n) is 3.37. The second-order valence-corrected chi connectivity index (χ2v) is 5.39. The molecule has 18 heavy (non-hydrogen) atoms. The Balaban J connectivity index is 1.99. The fraction of sp³-hybridized carbons (Fsp3) is 0.417. The molecular weight excluding hydrogens is 250 g/mol. The van der Waals surface area contributed by atoms with E-state index in [4.69, 9.17) is 17.3 Å². The molecule has 2 aromatic rings. The average molecular weight is 264 g/mol. The molecule has 0 saturated heterocycles. The van der Waals surface area contributed by atoms with Crippen molar-refractivity contribution in [3.63, 3.8) is 0 Å². The molecule has 0 radical (unpaired) electrons. The van der Waals surface area contributed by atoms with Gasteiger partial charge in [0, 0.05) is 16.3 Å². The van der Waals surface area contributed by atoms with Gasteiger partial charge in [0.25, 0.3) is 0 Å². The highest BCUT2D eigenvalue weighted by Gasteiger charge is 2.30. The summed E-state index contributed by atoms with van der Waals surface area (Å²) in [6, 6.07) is 5.79. The number of benzene rings is 1. The average Bonchev–Trinajstić information content (AvgIpc) is 2.71. The zero-order valence-corrected chi connectivity index (χ0v) is 10.8. The molecule has 0 amide bonds. The number of rotatable bonds is 2. The Hall–Kier alpha value is -1.62. The number of halogens is 1. The Bertz CT molecular complexity index is 553. The van der Waals surface area contributed by atoms with E-state index in [-0.39, 0.29) is 0 Å². The van der Waals surface area contributed by atoms with Crippen LogP contribution in [-0.4, -0.2) is 20.2 Å². The van der Waals surface area contributed by atoms with Crippen LogP contribution in [-0.2, 0) is 0 Å². The second kappa shape index (κ2) is 4.24. The Morgan fingerprint density at radius 1 is 1.33 bits per heavy atom. The zero-order chi connectivity index (χ0) is 12.7. The van der Waals surface area contributed by atoms with Crippen LogP contribution < -0.4 is 5.73 Å². The number of hydrogen-bond acceptors (Lipinski definition) is 4. The summed E-state index contributed by atoms with van der Waals surface area (Å²) in [6.45, 7) is 2.23. The Morgan fingerprint density at radius 3 is 2.78 bits per heavy atom. The lowest BCUT2D eigenvalue weighted by Gasteiger charge is -2.32. The molecule has 1 fully saturated rings. The van der Waals surface area contributed by atoms with E-state index < -0.39 is 0 Å². The van der Waals surface area contributed by atoms with Crippen molar-refractivity contribution in [2.45, 2.75) is 25.8 Å². The molecule has 0 atom stereocenters. The van der Waals surface area contributed by atoms with Crippen LogP contribution in [0.5, 0.6) is 0 Å². The Kier molecular flexibility index (Phi) is 2.70. The van der Waals surface area contributed by atoms with Gasteiger partial charge in [-0.05, 0) is 47.4 Å². The summed E-state index contributed by atoms with van der Waals surface area (Å²) in [6.07, 6.45) is 2.24. The SMILES string of the molecule is CC1CC(n2nnnc2-c2cc(N)cc(Cl)c2)C1. The van der Waals surface area contributed by atoms with E-state index >= 15 is 0 Å². The summed E-state index contributed by atoms with van der Waals surface area (Å²) in [5.74, 6) is 1.48. The van der Waals surface area contributed by atoms with E-state index in [1.165, 1.54) is 0 Å². The lowest BCUT2D eigenvalue weighted by molar-refractivity contribution is 0.199. The number of aromatic nitrogens is 4. The van der Waals surface area contributed by atoms with Gasteiger partial charge in [0.1, 0.15) is 0 Å². The van der Waals surface area contributed by atoms with Gasteiger partial charge in [-0.2, -0.15) is 0 Å². The van der Waals surface area contributed by atoms with Crippen LogP contribution in [0.1, 0.15) is 25.8 Å². The standard InChI is InChI=1S/C12H14ClN5/c1-7-2-11(3-7)18-12(15-16-17-18)8-4-9(13)6-10(14)5-8/h4-7,11H,2-3,14H2,1H3. The minimum Gasteiger partial charge on any atom is -0.399 e. The summed E-state index contributed by atoms with van der Waals surface area (Å²) in [7, 11) is 0. The predicted molar refractivity (Wildman–Crippen MR) is 70.1 cm³/mol. The number of anilines is 1. The minimum absolute atomic E-state index is 0.394. The van der Waals surface area contributed by atoms with E-state index in [9.17, 15) is 0 Å². The summed E-state index contributed by atoms with van der Waals surface area (Å²) in [5, 5.41) is 12.5. The number of tetrazole rings is 1. The maximum absolute atomic E-state index is 6.01. The first-order chi connectivity index (χ1) is 8.63. The molecule has 0 unspecified atom stereocenters. The van der Waals surface area contributed by atoms with Gasteiger partial charge < -0.3 is 5.73 Å². The molecule has 6 heteroatoms. The van der Waals surface area contributed by atoms with Crippen LogP contribution in [0.4, 0.5) is 5.69 Å². The minimum atomic E-state index is 0.394. The van der Waals surface area contributed by atoms with Gasteiger partial charge in [-0.1, -0.05) is 18.5 Å². The fourth-order valence-corrected chi connectivity index (χ4v) is 2.67. The van der Waals surface area contributed by atoms with Crippen LogP contribution in [0, 0.1) is 5.92 Å². The molecule has 1 aliphatic rings. The first-order valence-electron chi connectivity index (χ1n) is 5.98. The van der Waals surface area contributed by atoms with Crippen molar-refractivity contribution in [3.05, 3.63) is 23.2 Å². The lowest BCUT2D eigenvalue weighted by Crippen LogP contribution is -2.26. The topological polar surface area (TPSA) is 69.6 Å². The lowest BCUT2D eigenvalue weighted by atomic mass is 9.82. The summed E-state index contributed by atoms with van der Waals surface area (Å²) < 4.78 is 1.88. The first kappa shape index (κ1) is 11.5. The molecule has 5 nitrogen and oxygen atoms in total. The van der Waals surface area contributed by atoms with Crippen molar-refractivity contribution in [2.75, 3.05) is 5.73 Å². The van der Waals surface area contributed by atoms with Crippen LogP contribution in [0.25, 0.3) is 11.4 Å². The molecule has 94 valence electrons.